The normalized spacial score (nSPS) is 6.43. The molecule has 0 saturated carbocycles. The first-order chi connectivity index (χ1) is 5.74. The van der Waals surface area contributed by atoms with E-state index in [9.17, 15) is 0 Å². The summed E-state index contributed by atoms with van der Waals surface area (Å²) in [6, 6.07) is 0. The zero-order valence-electron chi connectivity index (χ0n) is 8.52. The van der Waals surface area contributed by atoms with Gasteiger partial charge in [-0.1, -0.05) is 0 Å². The summed E-state index contributed by atoms with van der Waals surface area (Å²) in [7, 11) is 0. The van der Waals surface area contributed by atoms with Gasteiger partial charge in [0.2, 0.25) is 0 Å². The van der Waals surface area contributed by atoms with E-state index >= 15 is 0 Å². The van der Waals surface area contributed by atoms with Crippen LogP contribution in [0.15, 0.2) is 0 Å². The molecule has 0 aromatic rings. The summed E-state index contributed by atoms with van der Waals surface area (Å²) in [4.78, 5) is 0. The molecule has 0 bridgehead atoms. The summed E-state index contributed by atoms with van der Waals surface area (Å²) in [6.07, 6.45) is 0. The van der Waals surface area contributed by atoms with Crippen molar-refractivity contribution in [3.8, 4) is 0 Å². The summed E-state index contributed by atoms with van der Waals surface area (Å²) in [5.41, 5.74) is 29.4. The second-order valence-electron chi connectivity index (χ2n) is 1.73. The van der Waals surface area contributed by atoms with E-state index in [1.165, 1.54) is 0 Å². The Labute approximate surface area is 98.9 Å². The van der Waals surface area contributed by atoms with Crippen molar-refractivity contribution >= 4 is 24.8 Å². The van der Waals surface area contributed by atoms with Gasteiger partial charge < -0.3 is 34.4 Å². The average Bonchev–Trinajstić information content (AvgIpc) is 2.18. The van der Waals surface area contributed by atoms with Gasteiger partial charge >= 0.3 is 0 Å². The monoisotopic (exact) mass is 252 g/mol. The second-order valence-corrected chi connectivity index (χ2v) is 1.73. The number of rotatable bonds is 3. The third-order valence-electron chi connectivity index (χ3n) is 0.500. The van der Waals surface area contributed by atoms with Crippen molar-refractivity contribution in [1.82, 2.24) is 0 Å². The number of nitrogens with two attached hydrogens (primary N) is 6. The van der Waals surface area contributed by atoms with E-state index in [4.69, 9.17) is 34.4 Å². The second kappa shape index (κ2) is 50.5. The molecule has 0 saturated heterocycles. The van der Waals surface area contributed by atoms with Crippen molar-refractivity contribution in [2.75, 3.05) is 39.3 Å². The van der Waals surface area contributed by atoms with Crippen molar-refractivity contribution in [1.29, 1.82) is 0 Å². The third kappa shape index (κ3) is 142. The van der Waals surface area contributed by atoms with E-state index in [-0.39, 0.29) is 24.8 Å². The van der Waals surface area contributed by atoms with E-state index in [2.05, 4.69) is 0 Å². The van der Waals surface area contributed by atoms with E-state index < -0.39 is 0 Å². The lowest BCUT2D eigenvalue weighted by molar-refractivity contribution is 0.976. The molecule has 0 atom stereocenters. The molecule has 8 heteroatoms. The van der Waals surface area contributed by atoms with Gasteiger partial charge in [-0.25, -0.2) is 0 Å². The largest absolute Gasteiger partial charge is 0.329 e. The molecule has 6 nitrogen and oxygen atoms in total. The van der Waals surface area contributed by atoms with Crippen LogP contribution in [0.2, 0.25) is 0 Å². The van der Waals surface area contributed by atoms with Crippen LogP contribution in [0, 0.1) is 0 Å². The molecule has 0 spiro atoms. The van der Waals surface area contributed by atoms with Gasteiger partial charge in [-0.15, -0.1) is 24.8 Å². The van der Waals surface area contributed by atoms with E-state index in [0.29, 0.717) is 39.3 Å². The first-order valence-electron chi connectivity index (χ1n) is 3.95. The Balaban J connectivity index is -0.0000000270. The van der Waals surface area contributed by atoms with Gasteiger partial charge in [0.15, 0.2) is 0 Å². The molecule has 12 N–H and O–H groups in total. The molecular weight excluding hydrogens is 227 g/mol. The van der Waals surface area contributed by atoms with Crippen LogP contribution in [0.3, 0.4) is 0 Å². The SMILES string of the molecule is Cl.Cl.NCCN.NCCN.NCCN. The van der Waals surface area contributed by atoms with Gasteiger partial charge in [-0.2, -0.15) is 0 Å². The smallest absolute Gasteiger partial charge is 0.00461 e. The van der Waals surface area contributed by atoms with Crippen molar-refractivity contribution in [3.63, 3.8) is 0 Å². The van der Waals surface area contributed by atoms with Crippen LogP contribution in [0.1, 0.15) is 0 Å². The molecule has 0 heterocycles. The van der Waals surface area contributed by atoms with Crippen LogP contribution in [0.5, 0.6) is 0 Å². The van der Waals surface area contributed by atoms with Crippen LogP contribution < -0.4 is 34.4 Å². The lowest BCUT2D eigenvalue weighted by Crippen LogP contribution is -2.11. The minimum absolute atomic E-state index is 0. The highest BCUT2D eigenvalue weighted by Gasteiger charge is 1.55. The van der Waals surface area contributed by atoms with Crippen LogP contribution in [0.25, 0.3) is 0 Å². The molecule has 0 unspecified atom stereocenters. The van der Waals surface area contributed by atoms with Crippen LogP contribution in [-0.4, -0.2) is 39.3 Å². The standard InChI is InChI=1S/3C2H8N2.2ClH/c3*3-1-2-4;;/h3*1-4H2;2*1H. The van der Waals surface area contributed by atoms with Crippen LogP contribution in [-0.2, 0) is 0 Å². The van der Waals surface area contributed by atoms with Crippen LogP contribution >= 0.6 is 24.8 Å². The molecule has 0 aromatic carbocycles. The summed E-state index contributed by atoms with van der Waals surface area (Å²) in [5, 5.41) is 0. The highest BCUT2D eigenvalue weighted by Crippen LogP contribution is 1.25. The van der Waals surface area contributed by atoms with E-state index in [1.54, 1.807) is 0 Å². The van der Waals surface area contributed by atoms with Crippen molar-refractivity contribution in [2.24, 2.45) is 34.4 Å². The Morgan fingerprint density at radius 2 is 0.429 bits per heavy atom. The summed E-state index contributed by atoms with van der Waals surface area (Å²) >= 11 is 0. The summed E-state index contributed by atoms with van der Waals surface area (Å²) in [6.45, 7) is 3.58. The first-order valence-corrected chi connectivity index (χ1v) is 3.95. The number of hydrogen-bond donors (Lipinski definition) is 6. The molecule has 0 amide bonds. The lowest BCUT2D eigenvalue weighted by Gasteiger charge is -1.72. The van der Waals surface area contributed by atoms with Crippen LogP contribution in [0.4, 0.5) is 0 Å². The minimum atomic E-state index is 0. The Kier molecular flexibility index (Phi) is 106. The Hall–Kier alpha value is 0.340. The average molecular weight is 253 g/mol. The number of halogens is 2. The van der Waals surface area contributed by atoms with Gasteiger partial charge in [0.25, 0.3) is 0 Å². The fourth-order valence-corrected chi connectivity index (χ4v) is 0. The third-order valence-corrected chi connectivity index (χ3v) is 0.500. The molecule has 94 valence electrons. The van der Waals surface area contributed by atoms with Gasteiger partial charge in [0.05, 0.1) is 0 Å². The molecule has 14 heavy (non-hydrogen) atoms. The molecular formula is C6H26Cl2N6. The van der Waals surface area contributed by atoms with Crippen molar-refractivity contribution in [3.05, 3.63) is 0 Å². The maximum absolute atomic E-state index is 4.90. The first kappa shape index (κ1) is 29.3. The Morgan fingerprint density at radius 3 is 0.429 bits per heavy atom. The molecule has 0 aliphatic heterocycles. The fraction of sp³-hybridized carbons (Fsp3) is 1.00. The lowest BCUT2D eigenvalue weighted by atomic mass is 10.7. The predicted molar refractivity (Wildman–Crippen MR) is 68.8 cm³/mol. The molecule has 0 aromatic heterocycles. The minimum Gasteiger partial charge on any atom is -0.329 e. The molecule has 0 rings (SSSR count). The number of hydrogen-bond acceptors (Lipinski definition) is 6. The zero-order valence-corrected chi connectivity index (χ0v) is 10.2. The fourth-order valence-electron chi connectivity index (χ4n) is 0. The van der Waals surface area contributed by atoms with Gasteiger partial charge in [-0.3, -0.25) is 0 Å². The summed E-state index contributed by atoms with van der Waals surface area (Å²) in [5.74, 6) is 0. The molecule has 0 aliphatic rings. The maximum atomic E-state index is 4.90. The van der Waals surface area contributed by atoms with E-state index in [0.717, 1.165) is 0 Å². The topological polar surface area (TPSA) is 156 Å². The molecule has 0 radical (unpaired) electrons. The predicted octanol–water partition coefficient (Wildman–Crippen LogP) is -2.44. The highest BCUT2D eigenvalue weighted by atomic mass is 35.5. The molecule has 0 aliphatic carbocycles. The highest BCUT2D eigenvalue weighted by molar-refractivity contribution is 5.85. The van der Waals surface area contributed by atoms with Crippen molar-refractivity contribution < 1.29 is 0 Å². The Bertz CT molecular complexity index is 35.8. The zero-order chi connectivity index (χ0) is 10.2. The van der Waals surface area contributed by atoms with Gasteiger partial charge in [0.1, 0.15) is 0 Å². The van der Waals surface area contributed by atoms with E-state index in [1.807, 2.05) is 0 Å². The van der Waals surface area contributed by atoms with Gasteiger partial charge in [-0.05, 0) is 0 Å². The summed E-state index contributed by atoms with van der Waals surface area (Å²) < 4.78 is 0. The van der Waals surface area contributed by atoms with Gasteiger partial charge in [0, 0.05) is 39.3 Å². The quantitative estimate of drug-likeness (QED) is 0.328. The molecule has 0 fully saturated rings. The Morgan fingerprint density at radius 1 is 0.357 bits per heavy atom. The maximum Gasteiger partial charge on any atom is 0.00461 e. The van der Waals surface area contributed by atoms with Crippen molar-refractivity contribution in [2.45, 2.75) is 0 Å².